The molecule has 2 aromatic rings. The fourth-order valence-electron chi connectivity index (χ4n) is 3.39. The zero-order valence-electron chi connectivity index (χ0n) is 18.4. The molecule has 0 radical (unpaired) electrons. The van der Waals surface area contributed by atoms with Gasteiger partial charge in [-0.1, -0.05) is 45.0 Å². The first-order valence-electron chi connectivity index (χ1n) is 10.7. The second-order valence-corrected chi connectivity index (χ2v) is 8.06. The summed E-state index contributed by atoms with van der Waals surface area (Å²) in [7, 11) is 0. The number of amides is 3. The van der Waals surface area contributed by atoms with Crippen LogP contribution in [0, 0.1) is 11.7 Å². The number of ether oxygens (including phenoxy) is 1. The zero-order valence-corrected chi connectivity index (χ0v) is 18.4. The van der Waals surface area contributed by atoms with Crippen molar-refractivity contribution in [3.8, 4) is 0 Å². The van der Waals surface area contributed by atoms with Crippen LogP contribution >= 0.6 is 0 Å². The molecule has 0 unspecified atom stereocenters. The van der Waals surface area contributed by atoms with Crippen LogP contribution in [0.3, 0.4) is 0 Å². The van der Waals surface area contributed by atoms with Gasteiger partial charge >= 0.3 is 6.09 Å². The Hall–Kier alpha value is -3.42. The summed E-state index contributed by atoms with van der Waals surface area (Å²) in [6.45, 7) is 6.13. The van der Waals surface area contributed by atoms with Crippen LogP contribution in [0.4, 0.5) is 14.9 Å². The first-order valence-corrected chi connectivity index (χ1v) is 10.7. The summed E-state index contributed by atoms with van der Waals surface area (Å²) >= 11 is 0. The van der Waals surface area contributed by atoms with Crippen molar-refractivity contribution in [2.75, 3.05) is 11.9 Å². The molecule has 0 aliphatic carbocycles. The Morgan fingerprint density at radius 1 is 1.09 bits per heavy atom. The van der Waals surface area contributed by atoms with Crippen molar-refractivity contribution in [1.29, 1.82) is 0 Å². The van der Waals surface area contributed by atoms with Crippen LogP contribution in [-0.2, 0) is 20.9 Å². The molecular formula is C24H28FN3O4. The highest BCUT2D eigenvalue weighted by Gasteiger charge is 2.46. The van der Waals surface area contributed by atoms with Gasteiger partial charge < -0.3 is 15.4 Å². The molecule has 1 aliphatic heterocycles. The average Bonchev–Trinajstić information content (AvgIpc) is 3.10. The fraction of sp³-hybridized carbons (Fsp3) is 0.375. The van der Waals surface area contributed by atoms with Crippen LogP contribution in [0.25, 0.3) is 0 Å². The summed E-state index contributed by atoms with van der Waals surface area (Å²) in [4.78, 5) is 38.9. The number of rotatable bonds is 8. The standard InChI is InChI=1S/C24H28FN3O4/c1-4-13-26-23(30)20-21(17-7-11-19(12-8-17)27-22(29)15(2)3)32-24(31)28(20)14-16-5-9-18(25)10-6-16/h5-12,15,20-21H,4,13-14H2,1-3H3,(H,26,30)(H,27,29)/t20-,21-/m1/s1. The number of cyclic esters (lactones) is 1. The SMILES string of the molecule is CCCNC(=O)[C@H]1[C@@H](c2ccc(NC(=O)C(C)C)cc2)OC(=O)N1Cc1ccc(F)cc1. The highest BCUT2D eigenvalue weighted by Crippen LogP contribution is 2.34. The van der Waals surface area contributed by atoms with Crippen LogP contribution in [0.2, 0.25) is 0 Å². The molecule has 0 aromatic heterocycles. The number of carbonyl (C=O) groups excluding carboxylic acids is 3. The number of hydrogen-bond acceptors (Lipinski definition) is 4. The van der Waals surface area contributed by atoms with E-state index >= 15 is 0 Å². The van der Waals surface area contributed by atoms with Crippen LogP contribution in [0.15, 0.2) is 48.5 Å². The van der Waals surface area contributed by atoms with E-state index in [0.29, 0.717) is 23.4 Å². The van der Waals surface area contributed by atoms with Gasteiger partial charge in [-0.15, -0.1) is 0 Å². The number of carbonyl (C=O) groups is 3. The molecule has 1 aliphatic rings. The number of nitrogens with one attached hydrogen (secondary N) is 2. The van der Waals surface area contributed by atoms with E-state index in [2.05, 4.69) is 10.6 Å². The third-order valence-corrected chi connectivity index (χ3v) is 5.20. The first kappa shape index (κ1) is 23.2. The second kappa shape index (κ2) is 10.3. The van der Waals surface area contributed by atoms with Crippen molar-refractivity contribution in [1.82, 2.24) is 10.2 Å². The summed E-state index contributed by atoms with van der Waals surface area (Å²) in [5.74, 6) is -0.955. The number of benzene rings is 2. The molecule has 8 heteroatoms. The molecule has 1 fully saturated rings. The van der Waals surface area contributed by atoms with Crippen molar-refractivity contribution in [3.63, 3.8) is 0 Å². The average molecular weight is 442 g/mol. The van der Waals surface area contributed by atoms with Gasteiger partial charge in [-0.2, -0.15) is 0 Å². The predicted molar refractivity (Wildman–Crippen MR) is 118 cm³/mol. The molecule has 2 atom stereocenters. The smallest absolute Gasteiger partial charge is 0.411 e. The zero-order chi connectivity index (χ0) is 23.3. The summed E-state index contributed by atoms with van der Waals surface area (Å²) < 4.78 is 18.9. The van der Waals surface area contributed by atoms with Gasteiger partial charge in [-0.3, -0.25) is 14.5 Å². The molecule has 2 aromatic carbocycles. The predicted octanol–water partition coefficient (Wildman–Crippen LogP) is 4.01. The molecule has 0 saturated carbocycles. The summed E-state index contributed by atoms with van der Waals surface area (Å²) in [6, 6.07) is 11.8. The minimum atomic E-state index is -0.879. The van der Waals surface area contributed by atoms with Gasteiger partial charge in [0.2, 0.25) is 11.8 Å². The number of nitrogens with zero attached hydrogens (tertiary/aromatic N) is 1. The molecule has 0 bridgehead atoms. The largest absolute Gasteiger partial charge is 0.438 e. The highest BCUT2D eigenvalue weighted by atomic mass is 19.1. The van der Waals surface area contributed by atoms with E-state index in [9.17, 15) is 18.8 Å². The number of anilines is 1. The molecule has 1 saturated heterocycles. The second-order valence-electron chi connectivity index (χ2n) is 8.06. The first-order chi connectivity index (χ1) is 15.3. The lowest BCUT2D eigenvalue weighted by Crippen LogP contribution is -2.46. The topological polar surface area (TPSA) is 87.7 Å². The Morgan fingerprint density at radius 2 is 1.75 bits per heavy atom. The van der Waals surface area contributed by atoms with E-state index in [-0.39, 0.29) is 30.1 Å². The maximum atomic E-state index is 13.3. The van der Waals surface area contributed by atoms with Crippen LogP contribution < -0.4 is 10.6 Å². The van der Waals surface area contributed by atoms with Crippen molar-refractivity contribution in [2.24, 2.45) is 5.92 Å². The lowest BCUT2D eigenvalue weighted by atomic mass is 10.00. The molecule has 3 rings (SSSR count). The van der Waals surface area contributed by atoms with Crippen LogP contribution in [-0.4, -0.2) is 35.4 Å². The van der Waals surface area contributed by atoms with Crippen LogP contribution in [0.1, 0.15) is 44.4 Å². The Bertz CT molecular complexity index is 960. The Morgan fingerprint density at radius 3 is 2.34 bits per heavy atom. The monoisotopic (exact) mass is 441 g/mol. The van der Waals surface area contributed by atoms with Gasteiger partial charge in [0.25, 0.3) is 0 Å². The van der Waals surface area contributed by atoms with Gasteiger partial charge in [0.15, 0.2) is 12.1 Å². The summed E-state index contributed by atoms with van der Waals surface area (Å²) in [5, 5.41) is 5.65. The highest BCUT2D eigenvalue weighted by molar-refractivity contribution is 5.92. The van der Waals surface area contributed by atoms with Gasteiger partial charge in [-0.05, 0) is 41.8 Å². The van der Waals surface area contributed by atoms with Gasteiger partial charge in [0.05, 0.1) is 6.54 Å². The quantitative estimate of drug-likeness (QED) is 0.648. The van der Waals surface area contributed by atoms with E-state index in [0.717, 1.165) is 6.42 Å². The molecule has 1 heterocycles. The van der Waals surface area contributed by atoms with Crippen molar-refractivity contribution in [2.45, 2.75) is 45.9 Å². The van der Waals surface area contributed by atoms with Gasteiger partial charge in [0.1, 0.15) is 5.82 Å². The normalized spacial score (nSPS) is 17.9. The lowest BCUT2D eigenvalue weighted by Gasteiger charge is -2.24. The third kappa shape index (κ3) is 5.43. The van der Waals surface area contributed by atoms with E-state index in [1.54, 1.807) is 50.2 Å². The molecule has 0 spiro atoms. The van der Waals surface area contributed by atoms with E-state index < -0.39 is 18.2 Å². The minimum Gasteiger partial charge on any atom is -0.438 e. The van der Waals surface area contributed by atoms with Crippen molar-refractivity contribution < 1.29 is 23.5 Å². The lowest BCUT2D eigenvalue weighted by molar-refractivity contribution is -0.126. The molecule has 170 valence electrons. The van der Waals surface area contributed by atoms with Gasteiger partial charge in [0, 0.05) is 18.2 Å². The molecule has 2 N–H and O–H groups in total. The molecule has 7 nitrogen and oxygen atoms in total. The summed E-state index contributed by atoms with van der Waals surface area (Å²) in [6.07, 6.45) is -0.678. The third-order valence-electron chi connectivity index (χ3n) is 5.20. The fourth-order valence-corrected chi connectivity index (χ4v) is 3.39. The van der Waals surface area contributed by atoms with Crippen LogP contribution in [0.5, 0.6) is 0 Å². The Balaban J connectivity index is 1.84. The Labute approximate surface area is 186 Å². The van der Waals surface area contributed by atoms with E-state index in [4.69, 9.17) is 4.74 Å². The maximum Gasteiger partial charge on any atom is 0.411 e. The summed E-state index contributed by atoms with van der Waals surface area (Å²) in [5.41, 5.74) is 1.94. The van der Waals surface area contributed by atoms with Crippen molar-refractivity contribution >= 4 is 23.6 Å². The number of hydrogen-bond donors (Lipinski definition) is 2. The molecular weight excluding hydrogens is 413 g/mol. The number of halogens is 1. The van der Waals surface area contributed by atoms with Gasteiger partial charge in [-0.25, -0.2) is 9.18 Å². The van der Waals surface area contributed by atoms with E-state index in [1.165, 1.54) is 17.0 Å². The molecule has 3 amide bonds. The maximum absolute atomic E-state index is 13.3. The van der Waals surface area contributed by atoms with Crippen molar-refractivity contribution in [3.05, 3.63) is 65.5 Å². The molecule has 32 heavy (non-hydrogen) atoms. The Kier molecular flexibility index (Phi) is 7.45. The van der Waals surface area contributed by atoms with E-state index in [1.807, 2.05) is 6.92 Å². The minimum absolute atomic E-state index is 0.104.